The van der Waals surface area contributed by atoms with Crippen LogP contribution in [0.5, 0.6) is 0 Å². The number of hydrogen-bond acceptors (Lipinski definition) is 4. The van der Waals surface area contributed by atoms with E-state index >= 15 is 0 Å². The summed E-state index contributed by atoms with van der Waals surface area (Å²) in [5.74, 6) is -0.0495. The van der Waals surface area contributed by atoms with Crippen LogP contribution >= 0.6 is 0 Å². The molecule has 1 fully saturated rings. The van der Waals surface area contributed by atoms with Crippen LogP contribution in [-0.4, -0.2) is 26.5 Å². The van der Waals surface area contributed by atoms with Crippen molar-refractivity contribution in [2.75, 3.05) is 25.5 Å². The molecule has 0 spiro atoms. The molecule has 0 bridgehead atoms. The van der Waals surface area contributed by atoms with Crippen molar-refractivity contribution in [1.29, 1.82) is 0 Å². The number of amides is 1. The Balaban J connectivity index is 1.60. The molecule has 5 nitrogen and oxygen atoms in total. The summed E-state index contributed by atoms with van der Waals surface area (Å²) in [5, 5.41) is 3.06. The van der Waals surface area contributed by atoms with Gasteiger partial charge in [0.2, 0.25) is 5.91 Å². The highest BCUT2D eigenvalue weighted by Crippen LogP contribution is 2.24. The molecule has 0 saturated carbocycles. The van der Waals surface area contributed by atoms with E-state index in [1.807, 2.05) is 44.4 Å². The van der Waals surface area contributed by atoms with Gasteiger partial charge in [-0.25, -0.2) is 5.43 Å². The molecule has 2 atom stereocenters. The molecule has 1 amide bonds. The maximum atomic E-state index is 12.6. The minimum Gasteiger partial charge on any atom is -0.378 e. The van der Waals surface area contributed by atoms with E-state index in [9.17, 15) is 4.79 Å². The second-order valence-electron chi connectivity index (χ2n) is 6.30. The molecule has 2 aromatic carbocycles. The van der Waals surface area contributed by atoms with Gasteiger partial charge in [-0.3, -0.25) is 10.2 Å². The summed E-state index contributed by atoms with van der Waals surface area (Å²) in [7, 11) is 4.03. The molecule has 2 aromatic rings. The van der Waals surface area contributed by atoms with Crippen LogP contribution in [0.4, 0.5) is 5.69 Å². The van der Waals surface area contributed by atoms with Gasteiger partial charge < -0.3 is 10.2 Å². The maximum Gasteiger partial charge on any atom is 0.226 e. The average Bonchev–Trinajstić information content (AvgIpc) is 3.10. The summed E-state index contributed by atoms with van der Waals surface area (Å²) in [6.45, 7) is 1.18. The molecule has 2 unspecified atom stereocenters. The normalized spacial score (nSPS) is 19.9. The van der Waals surface area contributed by atoms with Crippen LogP contribution in [0.15, 0.2) is 54.6 Å². The van der Waals surface area contributed by atoms with Gasteiger partial charge >= 0.3 is 0 Å². The zero-order valence-electron chi connectivity index (χ0n) is 14.1. The number of anilines is 1. The lowest BCUT2D eigenvalue weighted by Gasteiger charge is -2.18. The highest BCUT2D eigenvalue weighted by atomic mass is 16.2. The quantitative estimate of drug-likeness (QED) is 0.785. The highest BCUT2D eigenvalue weighted by molar-refractivity contribution is 5.80. The van der Waals surface area contributed by atoms with E-state index in [1.54, 1.807) is 0 Å². The van der Waals surface area contributed by atoms with Gasteiger partial charge in [0.25, 0.3) is 0 Å². The van der Waals surface area contributed by atoms with Crippen molar-refractivity contribution in [3.8, 4) is 0 Å². The van der Waals surface area contributed by atoms with Crippen LogP contribution in [0.1, 0.15) is 17.2 Å². The maximum absolute atomic E-state index is 12.6. The Morgan fingerprint density at radius 3 is 2.50 bits per heavy atom. The molecular weight excluding hydrogens is 300 g/mol. The molecule has 1 heterocycles. The van der Waals surface area contributed by atoms with Crippen molar-refractivity contribution < 1.29 is 4.79 Å². The second kappa shape index (κ2) is 7.47. The van der Waals surface area contributed by atoms with E-state index in [1.165, 1.54) is 0 Å². The van der Waals surface area contributed by atoms with E-state index in [0.717, 1.165) is 16.8 Å². The number of carbonyl (C=O) groups is 1. The molecule has 0 aliphatic carbocycles. The third kappa shape index (κ3) is 3.75. The van der Waals surface area contributed by atoms with Crippen LogP contribution in [0.2, 0.25) is 0 Å². The van der Waals surface area contributed by atoms with E-state index in [-0.39, 0.29) is 17.9 Å². The third-order valence-electron chi connectivity index (χ3n) is 4.40. The van der Waals surface area contributed by atoms with Crippen LogP contribution in [0, 0.1) is 5.92 Å². The van der Waals surface area contributed by atoms with Gasteiger partial charge in [-0.1, -0.05) is 42.5 Å². The van der Waals surface area contributed by atoms with Crippen LogP contribution in [0.25, 0.3) is 0 Å². The first-order valence-electron chi connectivity index (χ1n) is 8.22. The molecule has 5 heteroatoms. The Bertz CT molecular complexity index is 670. The molecule has 0 radical (unpaired) electrons. The first-order chi connectivity index (χ1) is 11.6. The van der Waals surface area contributed by atoms with Crippen molar-refractivity contribution in [3.05, 3.63) is 65.7 Å². The van der Waals surface area contributed by atoms with Gasteiger partial charge in [0.1, 0.15) is 0 Å². The number of hydrazine groups is 1. The largest absolute Gasteiger partial charge is 0.378 e. The predicted molar refractivity (Wildman–Crippen MR) is 96.4 cm³/mol. The SMILES string of the molecule is CN(C)c1ccc(CNC(=O)C2CNNC2c2ccccc2)cc1. The minimum atomic E-state index is -0.117. The topological polar surface area (TPSA) is 56.4 Å². The van der Waals surface area contributed by atoms with E-state index < -0.39 is 0 Å². The van der Waals surface area contributed by atoms with Gasteiger partial charge in [0.05, 0.1) is 12.0 Å². The summed E-state index contributed by atoms with van der Waals surface area (Å²) in [6, 6.07) is 18.3. The molecule has 1 aliphatic heterocycles. The number of benzene rings is 2. The number of nitrogens with zero attached hydrogens (tertiary/aromatic N) is 1. The Kier molecular flexibility index (Phi) is 5.13. The van der Waals surface area contributed by atoms with Gasteiger partial charge in [-0.05, 0) is 23.3 Å². The summed E-state index contributed by atoms with van der Waals surface area (Å²) >= 11 is 0. The van der Waals surface area contributed by atoms with Crippen molar-refractivity contribution in [3.63, 3.8) is 0 Å². The lowest BCUT2D eigenvalue weighted by Crippen LogP contribution is -2.34. The Labute approximate surface area is 143 Å². The lowest BCUT2D eigenvalue weighted by molar-refractivity contribution is -0.125. The first-order valence-corrected chi connectivity index (χ1v) is 8.22. The number of rotatable bonds is 5. The zero-order chi connectivity index (χ0) is 16.9. The fraction of sp³-hybridized carbons (Fsp3) is 0.316. The van der Waals surface area contributed by atoms with Crippen LogP contribution in [0.3, 0.4) is 0 Å². The summed E-state index contributed by atoms with van der Waals surface area (Å²) in [5.41, 5.74) is 9.68. The Hall–Kier alpha value is -2.37. The summed E-state index contributed by atoms with van der Waals surface area (Å²) in [4.78, 5) is 14.6. The van der Waals surface area contributed by atoms with Gasteiger partial charge in [0, 0.05) is 32.9 Å². The van der Waals surface area contributed by atoms with E-state index in [0.29, 0.717) is 13.1 Å². The zero-order valence-corrected chi connectivity index (χ0v) is 14.1. The summed E-state index contributed by atoms with van der Waals surface area (Å²) in [6.07, 6.45) is 0. The van der Waals surface area contributed by atoms with E-state index in [2.05, 4.69) is 45.3 Å². The highest BCUT2D eigenvalue weighted by Gasteiger charge is 2.33. The Morgan fingerprint density at radius 2 is 1.83 bits per heavy atom. The second-order valence-corrected chi connectivity index (χ2v) is 6.30. The Morgan fingerprint density at radius 1 is 1.12 bits per heavy atom. The fourth-order valence-corrected chi connectivity index (χ4v) is 2.95. The molecular formula is C19H24N4O. The van der Waals surface area contributed by atoms with Crippen molar-refractivity contribution >= 4 is 11.6 Å². The molecule has 0 aromatic heterocycles. The van der Waals surface area contributed by atoms with Crippen molar-refractivity contribution in [2.45, 2.75) is 12.6 Å². The molecule has 1 saturated heterocycles. The molecule has 3 N–H and O–H groups in total. The number of carbonyl (C=O) groups excluding carboxylic acids is 1. The fourth-order valence-electron chi connectivity index (χ4n) is 2.95. The number of hydrogen-bond donors (Lipinski definition) is 3. The first kappa shape index (κ1) is 16.5. The molecule has 1 aliphatic rings. The molecule has 126 valence electrons. The van der Waals surface area contributed by atoms with Crippen LogP contribution in [-0.2, 0) is 11.3 Å². The van der Waals surface area contributed by atoms with Gasteiger partial charge in [-0.2, -0.15) is 0 Å². The van der Waals surface area contributed by atoms with Gasteiger partial charge in [0.15, 0.2) is 0 Å². The van der Waals surface area contributed by atoms with E-state index in [4.69, 9.17) is 0 Å². The van der Waals surface area contributed by atoms with Crippen molar-refractivity contribution in [2.24, 2.45) is 5.92 Å². The monoisotopic (exact) mass is 324 g/mol. The average molecular weight is 324 g/mol. The van der Waals surface area contributed by atoms with Gasteiger partial charge in [-0.15, -0.1) is 0 Å². The van der Waals surface area contributed by atoms with Crippen LogP contribution < -0.4 is 21.1 Å². The minimum absolute atomic E-state index is 0.00215. The lowest BCUT2D eigenvalue weighted by atomic mass is 9.94. The smallest absolute Gasteiger partial charge is 0.226 e. The molecule has 24 heavy (non-hydrogen) atoms. The predicted octanol–water partition coefficient (Wildman–Crippen LogP) is 1.83. The standard InChI is InChI=1S/C19H24N4O/c1-23(2)16-10-8-14(9-11-16)12-20-19(24)17-13-21-22-18(17)15-6-4-3-5-7-15/h3-11,17-18,21-22H,12-13H2,1-2H3,(H,20,24). The van der Waals surface area contributed by atoms with Crippen molar-refractivity contribution in [1.82, 2.24) is 16.2 Å². The molecule has 3 rings (SSSR count). The number of nitrogens with one attached hydrogen (secondary N) is 3. The third-order valence-corrected chi connectivity index (χ3v) is 4.40. The summed E-state index contributed by atoms with van der Waals surface area (Å²) < 4.78 is 0.